The molecule has 2 atom stereocenters. The van der Waals surface area contributed by atoms with Gasteiger partial charge >= 0.3 is 10.5 Å². The molecule has 2 unspecified atom stereocenters. The van der Waals surface area contributed by atoms with Crippen molar-refractivity contribution in [1.29, 1.82) is 0 Å². The molecule has 0 aliphatic heterocycles. The van der Waals surface area contributed by atoms with Gasteiger partial charge in [0.2, 0.25) is 0 Å². The summed E-state index contributed by atoms with van der Waals surface area (Å²) in [6.45, 7) is 5.22. The first-order valence-electron chi connectivity index (χ1n) is 9.48. The number of hydrogen-bond donors (Lipinski definition) is 0. The molecule has 0 saturated heterocycles. The fourth-order valence-electron chi connectivity index (χ4n) is 7.00. The van der Waals surface area contributed by atoms with Crippen molar-refractivity contribution >= 4 is 28.0 Å². The molecule has 1 amide bonds. The summed E-state index contributed by atoms with van der Waals surface area (Å²) in [5.41, 5.74) is 0.277. The molecule has 4 aliphatic rings. The number of carbonyl (C=O) groups excluding carboxylic acids is 1. The normalized spacial score (nSPS) is 35.6. The zero-order valence-corrected chi connectivity index (χ0v) is 17.5. The van der Waals surface area contributed by atoms with Crippen LogP contribution in [0.4, 0.5) is 4.39 Å². The highest BCUT2D eigenvalue weighted by atomic mass is 35.5. The molecule has 0 spiro atoms. The molecule has 0 N–H and O–H groups in total. The van der Waals surface area contributed by atoms with Gasteiger partial charge in [0.1, 0.15) is 11.6 Å². The van der Waals surface area contributed by atoms with Gasteiger partial charge in [0.25, 0.3) is 5.91 Å². The lowest BCUT2D eigenvalue weighted by atomic mass is 9.40. The summed E-state index contributed by atoms with van der Waals surface area (Å²) in [5.74, 6) is -1.20. The molecule has 5 rings (SSSR count). The van der Waals surface area contributed by atoms with Crippen molar-refractivity contribution in [3.63, 3.8) is 0 Å². The van der Waals surface area contributed by atoms with E-state index in [1.807, 2.05) is 0 Å². The number of ether oxygens (including phenoxy) is 1. The van der Waals surface area contributed by atoms with Crippen LogP contribution in [0.3, 0.4) is 0 Å². The Bertz CT molecular complexity index is 966. The first-order valence-corrected chi connectivity index (χ1v) is 10.9. The molecule has 1 aromatic carbocycles. The van der Waals surface area contributed by atoms with Gasteiger partial charge in [-0.2, -0.15) is 8.42 Å². The number of benzene rings is 1. The smallest absolute Gasteiger partial charge is 0.319 e. The molecule has 4 bridgehead atoms. The summed E-state index contributed by atoms with van der Waals surface area (Å²) in [7, 11) is -2.95. The second-order valence-electron chi connectivity index (χ2n) is 9.79. The number of halogens is 2. The third kappa shape index (κ3) is 3.59. The maximum Gasteiger partial charge on any atom is 0.319 e. The van der Waals surface area contributed by atoms with Gasteiger partial charge in [-0.15, -0.1) is 0 Å². The highest BCUT2D eigenvalue weighted by Gasteiger charge is 2.60. The van der Waals surface area contributed by atoms with Crippen molar-refractivity contribution < 1.29 is 22.3 Å². The Balaban J connectivity index is 1.55. The van der Waals surface area contributed by atoms with Crippen LogP contribution < -0.4 is 4.74 Å². The van der Waals surface area contributed by atoms with E-state index < -0.39 is 27.8 Å². The third-order valence-electron chi connectivity index (χ3n) is 6.69. The minimum atomic E-state index is -2.95. The van der Waals surface area contributed by atoms with Crippen molar-refractivity contribution in [2.45, 2.75) is 52.4 Å². The van der Waals surface area contributed by atoms with Gasteiger partial charge in [-0.25, -0.2) is 4.39 Å². The van der Waals surface area contributed by atoms with E-state index in [9.17, 15) is 17.6 Å². The lowest BCUT2D eigenvalue weighted by Gasteiger charge is -2.65. The van der Waals surface area contributed by atoms with Crippen molar-refractivity contribution in [1.82, 2.24) is 0 Å². The average molecular weight is 428 g/mol. The summed E-state index contributed by atoms with van der Waals surface area (Å²) in [5, 5.41) is 0.0683. The molecule has 4 saturated carbocycles. The summed E-state index contributed by atoms with van der Waals surface area (Å²) in [6.07, 6.45) is 7.16. The largest absolute Gasteiger partial charge is 0.491 e. The van der Waals surface area contributed by atoms with Gasteiger partial charge < -0.3 is 4.74 Å². The summed E-state index contributed by atoms with van der Waals surface area (Å²) < 4.78 is 44.2. The Kier molecular flexibility index (Phi) is 4.62. The van der Waals surface area contributed by atoms with E-state index in [2.05, 4.69) is 18.2 Å². The fourth-order valence-corrected chi connectivity index (χ4v) is 7.45. The van der Waals surface area contributed by atoms with Crippen molar-refractivity contribution in [2.75, 3.05) is 6.61 Å². The number of hydrogen-bond acceptors (Lipinski definition) is 4. The van der Waals surface area contributed by atoms with Crippen LogP contribution >= 0.6 is 11.6 Å². The lowest BCUT2D eigenvalue weighted by molar-refractivity contribution is -0.156. The minimum Gasteiger partial charge on any atom is -0.491 e. The first kappa shape index (κ1) is 19.8. The topological polar surface area (TPSA) is 72.8 Å². The number of nitrogens with zero attached hydrogens (tertiary/aromatic N) is 1. The molecule has 4 fully saturated rings. The van der Waals surface area contributed by atoms with E-state index >= 15 is 0 Å². The van der Waals surface area contributed by atoms with Gasteiger partial charge in [-0.3, -0.25) is 4.79 Å². The molecule has 5 nitrogen and oxygen atoms in total. The number of rotatable bonds is 4. The average Bonchev–Trinajstić information content (AvgIpc) is 2.51. The highest BCUT2D eigenvalue weighted by Crippen LogP contribution is 2.69. The van der Waals surface area contributed by atoms with E-state index in [1.54, 1.807) is 0 Å². The minimum absolute atomic E-state index is 0.0683. The monoisotopic (exact) mass is 427 g/mol. The van der Waals surface area contributed by atoms with Gasteiger partial charge in [0, 0.05) is 11.5 Å². The van der Waals surface area contributed by atoms with Crippen molar-refractivity contribution in [2.24, 2.45) is 26.5 Å². The van der Waals surface area contributed by atoms with E-state index in [4.69, 9.17) is 16.3 Å². The van der Waals surface area contributed by atoms with Gasteiger partial charge in [-0.1, -0.05) is 29.8 Å². The standard InChI is InChI=1S/C20H23ClFNO4S/c1-18-5-12-6-19(2,8-18)10-20(7-12,9-18)11-27-16-4-15(22)13(3-14(16)21)17(24)23-28(25)26/h3-4,12H,5-11H2,1-2H3. The summed E-state index contributed by atoms with van der Waals surface area (Å²) in [4.78, 5) is 11.7. The third-order valence-corrected chi connectivity index (χ3v) is 7.30. The number of carbonyl (C=O) groups is 1. The lowest BCUT2D eigenvalue weighted by Crippen LogP contribution is -2.56. The first-order chi connectivity index (χ1) is 13.0. The molecule has 4 aliphatic carbocycles. The van der Waals surface area contributed by atoms with E-state index in [0.29, 0.717) is 17.4 Å². The Morgan fingerprint density at radius 2 is 1.86 bits per heavy atom. The quantitative estimate of drug-likeness (QED) is 0.673. The SMILES string of the molecule is CC12CC3CC(C)(C1)CC(COc1cc(F)c(C(=O)N=S(=O)=O)cc1Cl)(C3)C2. The van der Waals surface area contributed by atoms with Gasteiger partial charge in [-0.05, 0) is 61.3 Å². The molecule has 28 heavy (non-hydrogen) atoms. The molecule has 0 radical (unpaired) electrons. The van der Waals surface area contributed by atoms with Crippen LogP contribution in [0.15, 0.2) is 16.5 Å². The summed E-state index contributed by atoms with van der Waals surface area (Å²) >= 11 is 6.18. The molecule has 8 heteroatoms. The van der Waals surface area contributed by atoms with Crippen LogP contribution in [0.1, 0.15) is 62.7 Å². The molecule has 0 aromatic heterocycles. The van der Waals surface area contributed by atoms with Gasteiger partial charge in [0.05, 0.1) is 17.2 Å². The van der Waals surface area contributed by atoms with Crippen molar-refractivity contribution in [3.05, 3.63) is 28.5 Å². The number of amides is 1. The molecule has 152 valence electrons. The highest BCUT2D eigenvalue weighted by molar-refractivity contribution is 7.62. The Morgan fingerprint density at radius 3 is 2.43 bits per heavy atom. The predicted octanol–water partition coefficient (Wildman–Crippen LogP) is 5.06. The maximum atomic E-state index is 14.3. The van der Waals surface area contributed by atoms with E-state index in [0.717, 1.165) is 37.3 Å². The summed E-state index contributed by atoms with van der Waals surface area (Å²) in [6, 6.07) is 2.12. The molecular weight excluding hydrogens is 405 g/mol. The van der Waals surface area contributed by atoms with Crippen LogP contribution in [-0.4, -0.2) is 20.9 Å². The predicted molar refractivity (Wildman–Crippen MR) is 102 cm³/mol. The van der Waals surface area contributed by atoms with E-state index in [1.165, 1.54) is 19.3 Å². The second-order valence-corrected chi connectivity index (χ2v) is 10.8. The van der Waals surface area contributed by atoms with Crippen LogP contribution in [0.25, 0.3) is 0 Å². The Hall–Kier alpha value is -1.47. The zero-order valence-electron chi connectivity index (χ0n) is 15.9. The second kappa shape index (κ2) is 6.52. The van der Waals surface area contributed by atoms with E-state index in [-0.39, 0.29) is 16.2 Å². The van der Waals surface area contributed by atoms with Crippen LogP contribution in [0.5, 0.6) is 5.75 Å². The van der Waals surface area contributed by atoms with Crippen LogP contribution in [0, 0.1) is 28.0 Å². The molecule has 0 heterocycles. The fraction of sp³-hybridized carbons (Fsp3) is 0.650. The Morgan fingerprint density at radius 1 is 1.21 bits per heavy atom. The molecule has 1 aromatic rings. The zero-order chi connectivity index (χ0) is 20.3. The van der Waals surface area contributed by atoms with Crippen molar-refractivity contribution in [3.8, 4) is 5.75 Å². The van der Waals surface area contributed by atoms with Gasteiger partial charge in [0.15, 0.2) is 0 Å². The maximum absolute atomic E-state index is 14.3. The molecular formula is C20H23ClFNO4S. The van der Waals surface area contributed by atoms with Crippen LogP contribution in [-0.2, 0) is 10.5 Å². The van der Waals surface area contributed by atoms with Crippen LogP contribution in [0.2, 0.25) is 5.02 Å². The Labute approximate surface area is 170 Å².